The Kier molecular flexibility index (Phi) is 2.75. The molecule has 0 aliphatic heterocycles. The van der Waals surface area contributed by atoms with Crippen LogP contribution in [-0.2, 0) is 0 Å². The smallest absolute Gasteiger partial charge is 0.257 e. The quantitative estimate of drug-likeness (QED) is 0.868. The summed E-state index contributed by atoms with van der Waals surface area (Å²) >= 11 is 3.30. The molecule has 5 heteroatoms. The normalized spacial score (nSPS) is 13.7. The third-order valence-corrected chi connectivity index (χ3v) is 2.80. The molecule has 1 atom stereocenters. The molecule has 0 saturated heterocycles. The molecule has 2 nitrogen and oxygen atoms in total. The largest absolute Gasteiger partial charge is 0.361 e. The van der Waals surface area contributed by atoms with Gasteiger partial charge in [-0.15, -0.1) is 0 Å². The minimum absolute atomic E-state index is 0.446. The van der Waals surface area contributed by atoms with Crippen molar-refractivity contribution in [2.75, 3.05) is 0 Å². The maximum atomic E-state index is 12.5. The van der Waals surface area contributed by atoms with Crippen molar-refractivity contribution in [1.82, 2.24) is 4.98 Å². The molecular formula is C10H9BrF2N2. The number of aromatic nitrogens is 1. The van der Waals surface area contributed by atoms with Gasteiger partial charge in [0.25, 0.3) is 6.43 Å². The average Bonchev–Trinajstić information content (AvgIpc) is 2.59. The van der Waals surface area contributed by atoms with Gasteiger partial charge in [-0.25, -0.2) is 8.78 Å². The number of hydrogen-bond acceptors (Lipinski definition) is 1. The Morgan fingerprint density at radius 1 is 1.33 bits per heavy atom. The van der Waals surface area contributed by atoms with Gasteiger partial charge in [0, 0.05) is 21.6 Å². The van der Waals surface area contributed by atoms with Crippen LogP contribution in [0.3, 0.4) is 0 Å². The molecule has 3 N–H and O–H groups in total. The maximum absolute atomic E-state index is 12.5. The summed E-state index contributed by atoms with van der Waals surface area (Å²) in [6.07, 6.45) is -1.02. The van der Waals surface area contributed by atoms with E-state index >= 15 is 0 Å². The number of benzene rings is 1. The van der Waals surface area contributed by atoms with Crippen LogP contribution < -0.4 is 5.73 Å². The predicted molar refractivity (Wildman–Crippen MR) is 58.9 cm³/mol. The van der Waals surface area contributed by atoms with Gasteiger partial charge in [-0.3, -0.25) is 0 Å². The number of nitrogens with one attached hydrogen (secondary N) is 1. The first-order chi connectivity index (χ1) is 7.09. The highest BCUT2D eigenvalue weighted by atomic mass is 79.9. The summed E-state index contributed by atoms with van der Waals surface area (Å²) in [6.45, 7) is 0. The molecule has 0 spiro atoms. The Bertz CT molecular complexity index is 481. The second-order valence-corrected chi connectivity index (χ2v) is 4.21. The molecular weight excluding hydrogens is 266 g/mol. The van der Waals surface area contributed by atoms with E-state index in [2.05, 4.69) is 20.9 Å². The highest BCUT2D eigenvalue weighted by molar-refractivity contribution is 9.10. The zero-order valence-electron chi connectivity index (χ0n) is 7.68. The van der Waals surface area contributed by atoms with E-state index in [1.165, 1.54) is 6.20 Å². The third-order valence-electron chi connectivity index (χ3n) is 2.31. The van der Waals surface area contributed by atoms with Gasteiger partial charge < -0.3 is 10.7 Å². The Morgan fingerprint density at radius 2 is 2.07 bits per heavy atom. The zero-order valence-corrected chi connectivity index (χ0v) is 9.26. The topological polar surface area (TPSA) is 41.8 Å². The Labute approximate surface area is 93.6 Å². The van der Waals surface area contributed by atoms with E-state index in [-0.39, 0.29) is 0 Å². The van der Waals surface area contributed by atoms with Crippen LogP contribution in [0.4, 0.5) is 8.78 Å². The lowest BCUT2D eigenvalue weighted by atomic mass is 10.1. The van der Waals surface area contributed by atoms with Crippen molar-refractivity contribution in [3.8, 4) is 0 Å². The molecule has 1 aromatic carbocycles. The van der Waals surface area contributed by atoms with Crippen molar-refractivity contribution in [3.05, 3.63) is 34.4 Å². The number of rotatable bonds is 2. The van der Waals surface area contributed by atoms with Gasteiger partial charge in [0.15, 0.2) is 0 Å². The highest BCUT2D eigenvalue weighted by Gasteiger charge is 2.20. The van der Waals surface area contributed by atoms with Gasteiger partial charge in [-0.05, 0) is 23.8 Å². The zero-order chi connectivity index (χ0) is 11.0. The summed E-state index contributed by atoms with van der Waals surface area (Å²) < 4.78 is 25.8. The number of aromatic amines is 1. The van der Waals surface area contributed by atoms with E-state index in [1.54, 1.807) is 6.07 Å². The molecule has 1 heterocycles. The Hall–Kier alpha value is -0.940. The minimum Gasteiger partial charge on any atom is -0.361 e. The van der Waals surface area contributed by atoms with Crippen molar-refractivity contribution in [2.24, 2.45) is 5.73 Å². The van der Waals surface area contributed by atoms with Crippen LogP contribution in [0.25, 0.3) is 10.9 Å². The van der Waals surface area contributed by atoms with Crippen LogP contribution in [0, 0.1) is 0 Å². The van der Waals surface area contributed by atoms with Crippen molar-refractivity contribution in [1.29, 1.82) is 0 Å². The SMILES string of the molecule is N[C@@H](c1c[nH]c2ccc(Br)cc12)C(F)F. The fourth-order valence-corrected chi connectivity index (χ4v) is 1.89. The van der Waals surface area contributed by atoms with E-state index in [0.717, 1.165) is 15.4 Å². The monoisotopic (exact) mass is 274 g/mol. The van der Waals surface area contributed by atoms with Crippen LogP contribution in [-0.4, -0.2) is 11.4 Å². The van der Waals surface area contributed by atoms with Gasteiger partial charge >= 0.3 is 0 Å². The van der Waals surface area contributed by atoms with Crippen LogP contribution in [0.2, 0.25) is 0 Å². The maximum Gasteiger partial charge on any atom is 0.257 e. The van der Waals surface area contributed by atoms with Crippen molar-refractivity contribution >= 4 is 26.8 Å². The van der Waals surface area contributed by atoms with Gasteiger partial charge in [-0.1, -0.05) is 15.9 Å². The van der Waals surface area contributed by atoms with Gasteiger partial charge in [-0.2, -0.15) is 0 Å². The molecule has 0 amide bonds. The number of nitrogens with two attached hydrogens (primary N) is 1. The second kappa shape index (κ2) is 3.90. The van der Waals surface area contributed by atoms with Crippen molar-refractivity contribution in [3.63, 3.8) is 0 Å². The number of halogens is 3. The lowest BCUT2D eigenvalue weighted by Crippen LogP contribution is -2.18. The number of H-pyrrole nitrogens is 1. The molecule has 0 radical (unpaired) electrons. The predicted octanol–water partition coefficient (Wildman–Crippen LogP) is 3.20. The second-order valence-electron chi connectivity index (χ2n) is 3.29. The number of hydrogen-bond donors (Lipinski definition) is 2. The van der Waals surface area contributed by atoms with Crippen molar-refractivity contribution < 1.29 is 8.78 Å². The number of alkyl halides is 2. The molecule has 0 saturated carbocycles. The summed E-state index contributed by atoms with van der Waals surface area (Å²) in [5, 5.41) is 0.733. The van der Waals surface area contributed by atoms with Gasteiger partial charge in [0.05, 0.1) is 6.04 Å². The fourth-order valence-electron chi connectivity index (χ4n) is 1.53. The highest BCUT2D eigenvalue weighted by Crippen LogP contribution is 2.28. The Morgan fingerprint density at radius 3 is 2.73 bits per heavy atom. The molecule has 2 rings (SSSR count). The summed E-state index contributed by atoms with van der Waals surface area (Å²) in [4.78, 5) is 2.92. The van der Waals surface area contributed by atoms with Crippen LogP contribution in [0.15, 0.2) is 28.9 Å². The molecule has 0 aliphatic rings. The molecule has 0 fully saturated rings. The molecule has 2 aromatic rings. The summed E-state index contributed by atoms with van der Waals surface area (Å²) in [5.41, 5.74) is 6.67. The summed E-state index contributed by atoms with van der Waals surface area (Å²) in [7, 11) is 0. The van der Waals surface area contributed by atoms with Crippen molar-refractivity contribution in [2.45, 2.75) is 12.5 Å². The Balaban J connectivity index is 2.56. The van der Waals surface area contributed by atoms with Gasteiger partial charge in [0.1, 0.15) is 0 Å². The first kappa shape index (κ1) is 10.6. The first-order valence-corrected chi connectivity index (χ1v) is 5.19. The number of fused-ring (bicyclic) bond motifs is 1. The summed E-state index contributed by atoms with van der Waals surface area (Å²) in [5.74, 6) is 0. The molecule has 0 bridgehead atoms. The standard InChI is InChI=1S/C10H9BrF2N2/c11-5-1-2-8-6(3-5)7(4-15-8)9(14)10(12)13/h1-4,9-10,15H,14H2/t9-/m0/s1. The average molecular weight is 275 g/mol. The lowest BCUT2D eigenvalue weighted by molar-refractivity contribution is 0.117. The third kappa shape index (κ3) is 1.89. The van der Waals surface area contributed by atoms with E-state index in [0.29, 0.717) is 5.56 Å². The van der Waals surface area contributed by atoms with E-state index < -0.39 is 12.5 Å². The van der Waals surface area contributed by atoms with E-state index in [4.69, 9.17) is 5.73 Å². The molecule has 0 unspecified atom stereocenters. The van der Waals surface area contributed by atoms with E-state index in [9.17, 15) is 8.78 Å². The summed E-state index contributed by atoms with van der Waals surface area (Å²) in [6, 6.07) is 4.20. The molecule has 80 valence electrons. The molecule has 1 aromatic heterocycles. The van der Waals surface area contributed by atoms with Gasteiger partial charge in [0.2, 0.25) is 0 Å². The molecule has 15 heavy (non-hydrogen) atoms. The molecule has 0 aliphatic carbocycles. The van der Waals surface area contributed by atoms with Crippen LogP contribution in [0.5, 0.6) is 0 Å². The minimum atomic E-state index is -2.55. The van der Waals surface area contributed by atoms with Crippen LogP contribution in [0.1, 0.15) is 11.6 Å². The van der Waals surface area contributed by atoms with E-state index in [1.807, 2.05) is 12.1 Å². The first-order valence-electron chi connectivity index (χ1n) is 4.40. The van der Waals surface area contributed by atoms with Crippen LogP contribution >= 0.6 is 15.9 Å². The lowest BCUT2D eigenvalue weighted by Gasteiger charge is -2.08. The fraction of sp³-hybridized carbons (Fsp3) is 0.200.